The molecule has 0 amide bonds. The molecular weight excluding hydrogens is 432 g/mol. The average Bonchev–Trinajstić information content (AvgIpc) is 3.25. The van der Waals surface area contributed by atoms with Crippen LogP contribution >= 0.6 is 0 Å². The van der Waals surface area contributed by atoms with E-state index in [0.29, 0.717) is 5.58 Å². The molecule has 0 atom stereocenters. The third-order valence-corrected chi connectivity index (χ3v) is 7.06. The normalized spacial score (nSPS) is 13.9. The molecule has 2 heterocycles. The van der Waals surface area contributed by atoms with Crippen LogP contribution in [0, 0.1) is 0 Å². The van der Waals surface area contributed by atoms with Crippen LogP contribution in [0.5, 0.6) is 0 Å². The second-order valence-corrected chi connectivity index (χ2v) is 9.07. The monoisotopic (exact) mass is 446 g/mol. The molecule has 158 valence electrons. The van der Waals surface area contributed by atoms with Crippen LogP contribution in [0.25, 0.3) is 11.0 Å². The van der Waals surface area contributed by atoms with E-state index in [-0.39, 0.29) is 32.2 Å². The summed E-state index contributed by atoms with van der Waals surface area (Å²) in [6, 6.07) is 18.2. The maximum atomic E-state index is 13.0. The molecule has 0 radical (unpaired) electrons. The van der Waals surface area contributed by atoms with Crippen molar-refractivity contribution in [2.75, 3.05) is 6.61 Å². The Balaban J connectivity index is 1.39. The number of hydrogen-bond donors (Lipinski definition) is 0. The van der Waals surface area contributed by atoms with Crippen LogP contribution in [0.1, 0.15) is 36.8 Å². The SMILES string of the molecule is O=C(OCC(=O)c1cc2ccccc2o1)c1ccc2c(c1)S(=O)(=O)c1ccccc1C2=O. The third kappa shape index (κ3) is 3.12. The fraction of sp³-hybridized carbons (Fsp3) is 0.0417. The van der Waals surface area contributed by atoms with Gasteiger partial charge in [-0.2, -0.15) is 0 Å². The summed E-state index contributed by atoms with van der Waals surface area (Å²) in [6.45, 7) is -0.579. The molecule has 32 heavy (non-hydrogen) atoms. The van der Waals surface area contributed by atoms with Crippen molar-refractivity contribution in [1.29, 1.82) is 0 Å². The predicted octanol–water partition coefficient (Wildman–Crippen LogP) is 3.85. The summed E-state index contributed by atoms with van der Waals surface area (Å²) in [5.41, 5.74) is 0.522. The average molecular weight is 446 g/mol. The van der Waals surface area contributed by atoms with Crippen LogP contribution in [0.4, 0.5) is 0 Å². The number of esters is 1. The van der Waals surface area contributed by atoms with E-state index in [1.54, 1.807) is 36.4 Å². The number of carbonyl (C=O) groups excluding carboxylic acids is 3. The van der Waals surface area contributed by atoms with Gasteiger partial charge < -0.3 is 9.15 Å². The number of sulfone groups is 1. The summed E-state index contributed by atoms with van der Waals surface area (Å²) in [5, 5.41) is 0.743. The van der Waals surface area contributed by atoms with Gasteiger partial charge in [0.1, 0.15) is 5.58 Å². The van der Waals surface area contributed by atoms with Gasteiger partial charge in [0, 0.05) is 16.5 Å². The van der Waals surface area contributed by atoms with E-state index in [9.17, 15) is 22.8 Å². The molecular formula is C24H14O7S. The Kier molecular flexibility index (Phi) is 4.53. The summed E-state index contributed by atoms with van der Waals surface area (Å²) < 4.78 is 36.5. The van der Waals surface area contributed by atoms with Gasteiger partial charge in [-0.1, -0.05) is 30.3 Å². The Bertz CT molecular complexity index is 1510. The second-order valence-electron chi connectivity index (χ2n) is 7.19. The molecule has 1 aromatic heterocycles. The summed E-state index contributed by atoms with van der Waals surface area (Å²) >= 11 is 0. The molecule has 0 saturated heterocycles. The Labute approximate surface area is 182 Å². The number of Topliss-reactive ketones (excluding diaryl/α,β-unsaturated/α-hetero) is 1. The van der Waals surface area contributed by atoms with E-state index in [1.807, 2.05) is 0 Å². The van der Waals surface area contributed by atoms with Crippen molar-refractivity contribution in [3.05, 3.63) is 95.2 Å². The van der Waals surface area contributed by atoms with E-state index >= 15 is 0 Å². The molecule has 0 N–H and O–H groups in total. The van der Waals surface area contributed by atoms with E-state index in [0.717, 1.165) is 11.5 Å². The molecule has 3 aromatic carbocycles. The largest absolute Gasteiger partial charge is 0.454 e. The molecule has 0 unspecified atom stereocenters. The van der Waals surface area contributed by atoms with E-state index < -0.39 is 34.0 Å². The minimum absolute atomic E-state index is 0.0152. The highest BCUT2D eigenvalue weighted by molar-refractivity contribution is 7.91. The highest BCUT2D eigenvalue weighted by atomic mass is 32.2. The lowest BCUT2D eigenvalue weighted by Gasteiger charge is -2.19. The van der Waals surface area contributed by atoms with E-state index in [1.165, 1.54) is 30.3 Å². The number of fused-ring (bicyclic) bond motifs is 3. The zero-order valence-electron chi connectivity index (χ0n) is 16.4. The summed E-state index contributed by atoms with van der Waals surface area (Å²) in [6.07, 6.45) is 0. The quantitative estimate of drug-likeness (QED) is 0.305. The molecule has 0 fully saturated rings. The highest BCUT2D eigenvalue weighted by Crippen LogP contribution is 2.34. The molecule has 5 rings (SSSR count). The Morgan fingerprint density at radius 2 is 1.56 bits per heavy atom. The van der Waals surface area contributed by atoms with Gasteiger partial charge in [-0.3, -0.25) is 9.59 Å². The van der Waals surface area contributed by atoms with Crippen LogP contribution < -0.4 is 0 Å². The lowest BCUT2D eigenvalue weighted by molar-refractivity contribution is 0.0468. The Morgan fingerprint density at radius 3 is 2.38 bits per heavy atom. The third-order valence-electron chi connectivity index (χ3n) is 5.21. The van der Waals surface area contributed by atoms with Gasteiger partial charge in [-0.05, 0) is 42.5 Å². The van der Waals surface area contributed by atoms with Crippen molar-refractivity contribution < 1.29 is 32.0 Å². The smallest absolute Gasteiger partial charge is 0.338 e. The lowest BCUT2D eigenvalue weighted by Crippen LogP contribution is -2.21. The number of hydrogen-bond acceptors (Lipinski definition) is 7. The maximum absolute atomic E-state index is 13.0. The van der Waals surface area contributed by atoms with Gasteiger partial charge in [0.05, 0.1) is 15.4 Å². The van der Waals surface area contributed by atoms with E-state index in [2.05, 4.69) is 0 Å². The first-order valence-electron chi connectivity index (χ1n) is 9.58. The van der Waals surface area contributed by atoms with Gasteiger partial charge in [-0.15, -0.1) is 0 Å². The van der Waals surface area contributed by atoms with E-state index in [4.69, 9.17) is 9.15 Å². The van der Waals surface area contributed by atoms with Crippen molar-refractivity contribution in [2.45, 2.75) is 9.79 Å². The van der Waals surface area contributed by atoms with Gasteiger partial charge >= 0.3 is 5.97 Å². The minimum atomic E-state index is -3.99. The molecule has 0 saturated carbocycles. The zero-order valence-corrected chi connectivity index (χ0v) is 17.2. The fourth-order valence-corrected chi connectivity index (χ4v) is 5.29. The molecule has 1 aliphatic heterocycles. The number of carbonyl (C=O) groups is 3. The summed E-state index contributed by atoms with van der Waals surface area (Å²) in [4.78, 5) is 37.2. The number of furan rings is 1. The number of ether oxygens (including phenoxy) is 1. The van der Waals surface area contributed by atoms with Crippen LogP contribution in [0.15, 0.2) is 87.0 Å². The van der Waals surface area contributed by atoms with Gasteiger partial charge in [0.15, 0.2) is 18.2 Å². The maximum Gasteiger partial charge on any atom is 0.338 e. The first kappa shape index (κ1) is 19.9. The van der Waals surface area contributed by atoms with Gasteiger partial charge in [-0.25, -0.2) is 13.2 Å². The number of benzene rings is 3. The Morgan fingerprint density at radius 1 is 0.844 bits per heavy atom. The molecule has 7 nitrogen and oxygen atoms in total. The summed E-state index contributed by atoms with van der Waals surface area (Å²) in [5.74, 6) is -1.82. The lowest BCUT2D eigenvalue weighted by atomic mass is 10.0. The Hall–Kier alpha value is -4.04. The molecule has 0 bridgehead atoms. The van der Waals surface area contributed by atoms with Crippen molar-refractivity contribution in [3.63, 3.8) is 0 Å². The topological polar surface area (TPSA) is 108 Å². The highest BCUT2D eigenvalue weighted by Gasteiger charge is 2.35. The van der Waals surface area contributed by atoms with Crippen LogP contribution in [0.3, 0.4) is 0 Å². The van der Waals surface area contributed by atoms with Crippen molar-refractivity contribution in [2.24, 2.45) is 0 Å². The first-order chi connectivity index (χ1) is 15.4. The fourth-order valence-electron chi connectivity index (χ4n) is 3.62. The minimum Gasteiger partial charge on any atom is -0.454 e. The van der Waals surface area contributed by atoms with Crippen LogP contribution in [-0.4, -0.2) is 32.6 Å². The molecule has 1 aliphatic rings. The number of rotatable bonds is 4. The molecule has 0 aliphatic carbocycles. The van der Waals surface area contributed by atoms with Gasteiger partial charge in [0.2, 0.25) is 15.6 Å². The van der Waals surface area contributed by atoms with Crippen LogP contribution in [-0.2, 0) is 14.6 Å². The zero-order chi connectivity index (χ0) is 22.5. The number of ketones is 2. The molecule has 0 spiro atoms. The van der Waals surface area contributed by atoms with Crippen molar-refractivity contribution in [1.82, 2.24) is 0 Å². The standard InChI is InChI=1S/C24H14O7S/c25-18(20-11-14-5-1-3-7-19(14)31-20)13-30-24(27)15-9-10-17-22(12-15)32(28,29)21-8-4-2-6-16(21)23(17)26/h1-12H,13H2. The predicted molar refractivity (Wildman–Crippen MR) is 113 cm³/mol. The van der Waals surface area contributed by atoms with Crippen molar-refractivity contribution in [3.8, 4) is 0 Å². The van der Waals surface area contributed by atoms with Gasteiger partial charge in [0.25, 0.3) is 0 Å². The second kappa shape index (κ2) is 7.28. The molecule has 4 aromatic rings. The summed E-state index contributed by atoms with van der Waals surface area (Å²) in [7, 11) is -3.99. The van der Waals surface area contributed by atoms with Crippen molar-refractivity contribution >= 4 is 38.3 Å². The first-order valence-corrected chi connectivity index (χ1v) is 11.1. The van der Waals surface area contributed by atoms with Crippen LogP contribution in [0.2, 0.25) is 0 Å². The molecule has 8 heteroatoms. The number of para-hydroxylation sites is 1.